The normalized spacial score (nSPS) is 10.7. The zero-order valence-corrected chi connectivity index (χ0v) is 18.7. The Morgan fingerprint density at radius 3 is 2.56 bits per heavy atom. The molecule has 3 aromatic carbocycles. The van der Waals surface area contributed by atoms with Crippen LogP contribution in [0.25, 0.3) is 17.1 Å². The van der Waals surface area contributed by atoms with E-state index in [-0.39, 0.29) is 24.3 Å². The van der Waals surface area contributed by atoms with E-state index in [2.05, 4.69) is 15.4 Å². The number of anilines is 1. The molecule has 0 aliphatic rings. The summed E-state index contributed by atoms with van der Waals surface area (Å²) in [5.41, 5.74) is 2.32. The largest absolute Gasteiger partial charge is 0.497 e. The molecule has 8 nitrogen and oxygen atoms in total. The van der Waals surface area contributed by atoms with Gasteiger partial charge in [0.25, 0.3) is 5.91 Å². The van der Waals surface area contributed by atoms with Crippen LogP contribution in [-0.4, -0.2) is 48.1 Å². The number of hydrogen-bond donors (Lipinski definition) is 1. The second-order valence-corrected chi connectivity index (χ2v) is 7.21. The summed E-state index contributed by atoms with van der Waals surface area (Å²) < 4.78 is 30.8. The SMILES string of the molecule is COCCOc1nc(-c2ccc(F)cc2)n(-c2cccc(NC(=O)c3cccc(OC)c3)c2)n1. The zero-order valence-electron chi connectivity index (χ0n) is 18.7. The molecule has 4 rings (SSSR count). The molecule has 0 spiro atoms. The number of benzene rings is 3. The number of aromatic nitrogens is 3. The average Bonchev–Trinajstić information content (AvgIpc) is 3.29. The van der Waals surface area contributed by atoms with E-state index in [4.69, 9.17) is 14.2 Å². The number of halogens is 1. The number of ether oxygens (including phenoxy) is 3. The van der Waals surface area contributed by atoms with E-state index in [0.717, 1.165) is 0 Å². The van der Waals surface area contributed by atoms with Gasteiger partial charge in [0.15, 0.2) is 5.82 Å². The Morgan fingerprint density at radius 1 is 1.00 bits per heavy atom. The quantitative estimate of drug-likeness (QED) is 0.372. The lowest BCUT2D eigenvalue weighted by atomic mass is 10.2. The second kappa shape index (κ2) is 10.6. The van der Waals surface area contributed by atoms with E-state index in [0.29, 0.717) is 40.7 Å². The van der Waals surface area contributed by atoms with Crippen LogP contribution in [0.4, 0.5) is 10.1 Å². The predicted octanol–water partition coefficient (Wildman–Crippen LogP) is 4.36. The Morgan fingerprint density at radius 2 is 1.79 bits per heavy atom. The molecule has 0 radical (unpaired) electrons. The lowest BCUT2D eigenvalue weighted by Crippen LogP contribution is -2.12. The van der Waals surface area contributed by atoms with Crippen molar-refractivity contribution < 1.29 is 23.4 Å². The highest BCUT2D eigenvalue weighted by Gasteiger charge is 2.16. The Bertz CT molecular complexity index is 1270. The summed E-state index contributed by atoms with van der Waals surface area (Å²) in [7, 11) is 3.12. The fourth-order valence-corrected chi connectivity index (χ4v) is 3.22. The maximum Gasteiger partial charge on any atom is 0.336 e. The van der Waals surface area contributed by atoms with Crippen LogP contribution in [0.3, 0.4) is 0 Å². The molecule has 0 atom stereocenters. The second-order valence-electron chi connectivity index (χ2n) is 7.21. The van der Waals surface area contributed by atoms with Gasteiger partial charge in [-0.25, -0.2) is 9.07 Å². The summed E-state index contributed by atoms with van der Waals surface area (Å²) in [5, 5.41) is 7.34. The maximum atomic E-state index is 13.5. The van der Waals surface area contributed by atoms with E-state index in [1.807, 2.05) is 6.07 Å². The number of rotatable bonds is 9. The van der Waals surface area contributed by atoms with Crippen molar-refractivity contribution in [1.29, 1.82) is 0 Å². The molecular weight excluding hydrogens is 439 g/mol. The molecule has 0 aliphatic heterocycles. The lowest BCUT2D eigenvalue weighted by molar-refractivity contribution is 0.102. The van der Waals surface area contributed by atoms with Crippen LogP contribution in [0.1, 0.15) is 10.4 Å². The molecule has 0 bridgehead atoms. The van der Waals surface area contributed by atoms with Gasteiger partial charge in [0.05, 0.1) is 19.4 Å². The van der Waals surface area contributed by atoms with E-state index >= 15 is 0 Å². The van der Waals surface area contributed by atoms with Crippen molar-refractivity contribution in [2.75, 3.05) is 32.8 Å². The van der Waals surface area contributed by atoms with Gasteiger partial charge in [-0.3, -0.25) is 4.79 Å². The number of carbonyl (C=O) groups excluding carboxylic acids is 1. The molecule has 0 unspecified atom stereocenters. The van der Waals surface area contributed by atoms with Gasteiger partial charge >= 0.3 is 6.01 Å². The topological polar surface area (TPSA) is 87.5 Å². The Hall–Kier alpha value is -4.24. The first-order valence-corrected chi connectivity index (χ1v) is 10.5. The number of amides is 1. The highest BCUT2D eigenvalue weighted by Crippen LogP contribution is 2.25. The summed E-state index contributed by atoms with van der Waals surface area (Å²) in [6.07, 6.45) is 0. The van der Waals surface area contributed by atoms with E-state index < -0.39 is 0 Å². The van der Waals surface area contributed by atoms with Gasteiger partial charge in [0.2, 0.25) is 0 Å². The molecule has 1 aromatic heterocycles. The molecule has 1 amide bonds. The smallest absolute Gasteiger partial charge is 0.336 e. The summed E-state index contributed by atoms with van der Waals surface area (Å²) in [6, 6.07) is 20.1. The summed E-state index contributed by atoms with van der Waals surface area (Å²) in [5.74, 6) is 0.420. The van der Waals surface area contributed by atoms with Crippen molar-refractivity contribution in [1.82, 2.24) is 14.8 Å². The molecule has 0 aliphatic carbocycles. The van der Waals surface area contributed by atoms with Crippen molar-refractivity contribution in [2.24, 2.45) is 0 Å². The zero-order chi connectivity index (χ0) is 23.9. The minimum atomic E-state index is -0.353. The monoisotopic (exact) mass is 462 g/mol. The van der Waals surface area contributed by atoms with E-state index in [9.17, 15) is 9.18 Å². The molecule has 1 heterocycles. The van der Waals surface area contributed by atoms with Gasteiger partial charge in [0.1, 0.15) is 18.2 Å². The molecule has 0 saturated heterocycles. The fraction of sp³-hybridized carbons (Fsp3) is 0.160. The minimum Gasteiger partial charge on any atom is -0.497 e. The number of carbonyl (C=O) groups is 1. The van der Waals surface area contributed by atoms with E-state index in [1.54, 1.807) is 73.5 Å². The molecule has 0 fully saturated rings. The van der Waals surface area contributed by atoms with Crippen molar-refractivity contribution in [3.8, 4) is 28.8 Å². The number of hydrogen-bond acceptors (Lipinski definition) is 6. The lowest BCUT2D eigenvalue weighted by Gasteiger charge is -2.10. The van der Waals surface area contributed by atoms with Crippen LogP contribution in [0.15, 0.2) is 72.8 Å². The molecule has 9 heteroatoms. The number of nitrogens with one attached hydrogen (secondary N) is 1. The predicted molar refractivity (Wildman–Crippen MR) is 125 cm³/mol. The Balaban J connectivity index is 1.64. The highest BCUT2D eigenvalue weighted by molar-refractivity contribution is 6.04. The van der Waals surface area contributed by atoms with Crippen LogP contribution >= 0.6 is 0 Å². The first kappa shape index (κ1) is 22.9. The summed E-state index contributed by atoms with van der Waals surface area (Å²) in [4.78, 5) is 17.2. The van der Waals surface area contributed by atoms with Crippen LogP contribution in [0.5, 0.6) is 11.8 Å². The van der Waals surface area contributed by atoms with Gasteiger partial charge in [-0.2, -0.15) is 4.98 Å². The van der Waals surface area contributed by atoms with Gasteiger partial charge in [-0.05, 0) is 60.7 Å². The minimum absolute atomic E-state index is 0.155. The third kappa shape index (κ3) is 5.38. The van der Waals surface area contributed by atoms with Gasteiger partial charge in [0, 0.05) is 23.9 Å². The van der Waals surface area contributed by atoms with E-state index in [1.165, 1.54) is 12.1 Å². The fourth-order valence-electron chi connectivity index (χ4n) is 3.22. The van der Waals surface area contributed by atoms with Crippen LogP contribution in [0, 0.1) is 5.82 Å². The Labute approximate surface area is 195 Å². The molecular formula is C25H23FN4O4. The van der Waals surface area contributed by atoms with Crippen molar-refractivity contribution in [2.45, 2.75) is 0 Å². The molecule has 4 aromatic rings. The molecule has 1 N–H and O–H groups in total. The number of nitrogens with zero attached hydrogens (tertiary/aromatic N) is 3. The van der Waals surface area contributed by atoms with Crippen molar-refractivity contribution in [3.63, 3.8) is 0 Å². The molecule has 174 valence electrons. The number of methoxy groups -OCH3 is 2. The van der Waals surface area contributed by atoms with Crippen molar-refractivity contribution in [3.05, 3.63) is 84.2 Å². The first-order chi connectivity index (χ1) is 16.6. The first-order valence-electron chi connectivity index (χ1n) is 10.5. The standard InChI is InChI=1S/C25H23FN4O4/c1-32-13-14-34-25-28-23(17-9-11-19(26)12-10-17)30(29-25)21-7-4-6-20(16-21)27-24(31)18-5-3-8-22(15-18)33-2/h3-12,15-16H,13-14H2,1-2H3,(H,27,31). The van der Waals surface area contributed by atoms with Crippen LogP contribution in [0.2, 0.25) is 0 Å². The van der Waals surface area contributed by atoms with Crippen LogP contribution in [-0.2, 0) is 4.74 Å². The van der Waals surface area contributed by atoms with Crippen molar-refractivity contribution >= 4 is 11.6 Å². The van der Waals surface area contributed by atoms with Crippen LogP contribution < -0.4 is 14.8 Å². The summed E-state index contributed by atoms with van der Waals surface area (Å²) in [6.45, 7) is 0.659. The summed E-state index contributed by atoms with van der Waals surface area (Å²) >= 11 is 0. The molecule has 34 heavy (non-hydrogen) atoms. The van der Waals surface area contributed by atoms with Gasteiger partial charge in [-0.15, -0.1) is 5.10 Å². The molecule has 0 saturated carbocycles. The third-order valence-electron chi connectivity index (χ3n) is 4.89. The third-order valence-corrected chi connectivity index (χ3v) is 4.89. The average molecular weight is 462 g/mol. The Kier molecular flexibility index (Phi) is 7.14. The van der Waals surface area contributed by atoms with Gasteiger partial charge in [-0.1, -0.05) is 12.1 Å². The maximum absolute atomic E-state index is 13.5. The highest BCUT2D eigenvalue weighted by atomic mass is 19.1. The van der Waals surface area contributed by atoms with Gasteiger partial charge < -0.3 is 19.5 Å².